The molecule has 0 saturated heterocycles. The summed E-state index contributed by atoms with van der Waals surface area (Å²) < 4.78 is 0. The molecule has 1 aromatic rings. The monoisotopic (exact) mass is 243 g/mol. The second-order valence-corrected chi connectivity index (χ2v) is 5.47. The Bertz CT molecular complexity index is 395. The summed E-state index contributed by atoms with van der Waals surface area (Å²) in [6.45, 7) is 5.33. The van der Waals surface area contributed by atoms with Gasteiger partial charge >= 0.3 is 0 Å². The Morgan fingerprint density at radius 1 is 1.62 bits per heavy atom. The number of aryl methyl sites for hydroxylation is 1. The molecule has 0 aromatic carbocycles. The highest BCUT2D eigenvalue weighted by atomic mass is 32.1. The third-order valence-corrected chi connectivity index (χ3v) is 2.95. The van der Waals surface area contributed by atoms with Crippen molar-refractivity contribution in [3.8, 4) is 0 Å². The van der Waals surface area contributed by atoms with Gasteiger partial charge in [0, 0.05) is 13.6 Å². The van der Waals surface area contributed by atoms with Crippen molar-refractivity contribution in [1.29, 1.82) is 0 Å². The van der Waals surface area contributed by atoms with Gasteiger partial charge in [-0.3, -0.25) is 4.79 Å². The average Bonchev–Trinajstić information content (AvgIpc) is 2.41. The average molecular weight is 243 g/mol. The summed E-state index contributed by atoms with van der Waals surface area (Å²) in [6, 6.07) is 0. The standard InChI is InChI=1S/C10H17N3O2S/c1-6-7(16-9(11)12-6)8(14)13(4)5-10(2,3)15/h15H,5H2,1-4H3,(H2,11,12). The molecule has 0 aliphatic carbocycles. The molecular weight excluding hydrogens is 226 g/mol. The van der Waals surface area contributed by atoms with E-state index in [2.05, 4.69) is 4.98 Å². The van der Waals surface area contributed by atoms with Crippen LogP contribution >= 0.6 is 11.3 Å². The molecule has 0 unspecified atom stereocenters. The number of amides is 1. The van der Waals surface area contributed by atoms with E-state index in [1.54, 1.807) is 27.8 Å². The molecule has 90 valence electrons. The van der Waals surface area contributed by atoms with Crippen LogP contribution in [0.25, 0.3) is 0 Å². The number of aromatic nitrogens is 1. The van der Waals surface area contributed by atoms with Gasteiger partial charge < -0.3 is 15.7 Å². The van der Waals surface area contributed by atoms with Gasteiger partial charge in [-0.05, 0) is 20.8 Å². The molecule has 1 rings (SSSR count). The predicted octanol–water partition coefficient (Wildman–Crippen LogP) is 0.877. The van der Waals surface area contributed by atoms with Gasteiger partial charge in [0.15, 0.2) is 5.13 Å². The van der Waals surface area contributed by atoms with Crippen LogP contribution in [0.3, 0.4) is 0 Å². The van der Waals surface area contributed by atoms with Gasteiger partial charge in [0.2, 0.25) is 0 Å². The van der Waals surface area contributed by atoms with Crippen LogP contribution in [0, 0.1) is 6.92 Å². The first-order chi connectivity index (χ1) is 7.20. The second-order valence-electron chi connectivity index (χ2n) is 4.44. The molecule has 0 bridgehead atoms. The number of likely N-dealkylation sites (N-methyl/N-ethyl adjacent to an activating group) is 1. The molecule has 0 atom stereocenters. The quantitative estimate of drug-likeness (QED) is 0.825. The molecular formula is C10H17N3O2S. The molecule has 6 heteroatoms. The fourth-order valence-electron chi connectivity index (χ4n) is 1.44. The van der Waals surface area contributed by atoms with E-state index >= 15 is 0 Å². The number of nitrogen functional groups attached to an aromatic ring is 1. The number of carbonyl (C=O) groups excluding carboxylic acids is 1. The predicted molar refractivity (Wildman–Crippen MR) is 64.5 cm³/mol. The summed E-state index contributed by atoms with van der Waals surface area (Å²) in [5.74, 6) is -0.158. The van der Waals surface area contributed by atoms with Crippen molar-refractivity contribution >= 4 is 22.4 Å². The van der Waals surface area contributed by atoms with Gasteiger partial charge in [-0.15, -0.1) is 0 Å². The van der Waals surface area contributed by atoms with Gasteiger partial charge in [0.1, 0.15) is 4.88 Å². The van der Waals surface area contributed by atoms with Crippen LogP contribution in [0.2, 0.25) is 0 Å². The molecule has 0 fully saturated rings. The zero-order valence-corrected chi connectivity index (χ0v) is 10.8. The molecule has 0 aliphatic heterocycles. The highest BCUT2D eigenvalue weighted by Gasteiger charge is 2.23. The topological polar surface area (TPSA) is 79.5 Å². The van der Waals surface area contributed by atoms with E-state index in [-0.39, 0.29) is 12.5 Å². The van der Waals surface area contributed by atoms with Crippen LogP contribution in [0.1, 0.15) is 29.2 Å². The first-order valence-electron chi connectivity index (χ1n) is 4.91. The smallest absolute Gasteiger partial charge is 0.265 e. The van der Waals surface area contributed by atoms with Crippen molar-refractivity contribution in [2.45, 2.75) is 26.4 Å². The Hall–Kier alpha value is -1.14. The Labute approximate surface area is 98.9 Å². The fraction of sp³-hybridized carbons (Fsp3) is 0.600. The normalized spacial score (nSPS) is 11.6. The van der Waals surface area contributed by atoms with Gasteiger partial charge in [-0.2, -0.15) is 0 Å². The van der Waals surface area contributed by atoms with Crippen molar-refractivity contribution in [2.24, 2.45) is 0 Å². The Kier molecular flexibility index (Phi) is 3.54. The molecule has 3 N–H and O–H groups in total. The van der Waals surface area contributed by atoms with E-state index in [0.29, 0.717) is 15.7 Å². The van der Waals surface area contributed by atoms with E-state index in [0.717, 1.165) is 0 Å². The van der Waals surface area contributed by atoms with E-state index < -0.39 is 5.60 Å². The van der Waals surface area contributed by atoms with Crippen molar-refractivity contribution in [3.63, 3.8) is 0 Å². The second kappa shape index (κ2) is 4.39. The number of nitrogens with zero attached hydrogens (tertiary/aromatic N) is 2. The van der Waals surface area contributed by atoms with Crippen LogP contribution in [0.4, 0.5) is 5.13 Å². The van der Waals surface area contributed by atoms with Crippen LogP contribution in [0.5, 0.6) is 0 Å². The van der Waals surface area contributed by atoms with Crippen LogP contribution < -0.4 is 5.73 Å². The highest BCUT2D eigenvalue weighted by Crippen LogP contribution is 2.21. The molecule has 0 saturated carbocycles. The minimum atomic E-state index is -0.908. The summed E-state index contributed by atoms with van der Waals surface area (Å²) >= 11 is 1.17. The van der Waals surface area contributed by atoms with Gasteiger partial charge in [-0.25, -0.2) is 4.98 Å². The molecule has 0 radical (unpaired) electrons. The summed E-state index contributed by atoms with van der Waals surface area (Å²) in [4.78, 5) is 18.0. The lowest BCUT2D eigenvalue weighted by atomic mass is 10.1. The maximum atomic E-state index is 12.0. The number of hydrogen-bond donors (Lipinski definition) is 2. The number of nitrogens with two attached hydrogens (primary N) is 1. The van der Waals surface area contributed by atoms with Crippen molar-refractivity contribution in [3.05, 3.63) is 10.6 Å². The molecule has 1 heterocycles. The summed E-state index contributed by atoms with van der Waals surface area (Å²) in [5.41, 5.74) is 5.26. The number of thiazole rings is 1. The largest absolute Gasteiger partial charge is 0.389 e. The maximum absolute atomic E-state index is 12.0. The zero-order valence-electron chi connectivity index (χ0n) is 9.94. The highest BCUT2D eigenvalue weighted by molar-refractivity contribution is 7.17. The lowest BCUT2D eigenvalue weighted by Gasteiger charge is -2.25. The van der Waals surface area contributed by atoms with Crippen molar-refractivity contribution in [1.82, 2.24) is 9.88 Å². The number of rotatable bonds is 3. The third-order valence-electron chi connectivity index (χ3n) is 1.98. The fourth-order valence-corrected chi connectivity index (χ4v) is 2.27. The van der Waals surface area contributed by atoms with E-state index in [9.17, 15) is 9.90 Å². The third kappa shape index (κ3) is 3.18. The summed E-state index contributed by atoms with van der Waals surface area (Å²) in [5, 5.41) is 10.0. The minimum absolute atomic E-state index is 0.158. The number of aliphatic hydroxyl groups is 1. The Morgan fingerprint density at radius 3 is 2.56 bits per heavy atom. The Morgan fingerprint density at radius 2 is 2.19 bits per heavy atom. The minimum Gasteiger partial charge on any atom is -0.389 e. The summed E-state index contributed by atoms with van der Waals surface area (Å²) in [6.07, 6.45) is 0. The SMILES string of the molecule is Cc1nc(N)sc1C(=O)N(C)CC(C)(C)O. The number of anilines is 1. The van der Waals surface area contributed by atoms with Gasteiger partial charge in [-0.1, -0.05) is 11.3 Å². The van der Waals surface area contributed by atoms with Crippen molar-refractivity contribution < 1.29 is 9.90 Å². The van der Waals surface area contributed by atoms with E-state index in [4.69, 9.17) is 5.73 Å². The van der Waals surface area contributed by atoms with Crippen LogP contribution in [-0.4, -0.2) is 40.1 Å². The van der Waals surface area contributed by atoms with Crippen molar-refractivity contribution in [2.75, 3.05) is 19.3 Å². The molecule has 0 aliphatic rings. The summed E-state index contributed by atoms with van der Waals surface area (Å²) in [7, 11) is 1.65. The van der Waals surface area contributed by atoms with Crippen LogP contribution in [0.15, 0.2) is 0 Å². The molecule has 0 spiro atoms. The molecule has 5 nitrogen and oxygen atoms in total. The number of hydrogen-bond acceptors (Lipinski definition) is 5. The van der Waals surface area contributed by atoms with Gasteiger partial charge in [0.25, 0.3) is 5.91 Å². The van der Waals surface area contributed by atoms with Gasteiger partial charge in [0.05, 0.1) is 11.3 Å². The molecule has 16 heavy (non-hydrogen) atoms. The lowest BCUT2D eigenvalue weighted by molar-refractivity contribution is 0.0370. The maximum Gasteiger partial charge on any atom is 0.265 e. The molecule has 1 amide bonds. The molecule has 1 aromatic heterocycles. The first kappa shape index (κ1) is 12.9. The zero-order chi connectivity index (χ0) is 12.5. The van der Waals surface area contributed by atoms with Crippen LogP contribution in [-0.2, 0) is 0 Å². The Balaban J connectivity index is 2.82. The first-order valence-corrected chi connectivity index (χ1v) is 5.73. The van der Waals surface area contributed by atoms with E-state index in [1.807, 2.05) is 0 Å². The lowest BCUT2D eigenvalue weighted by Crippen LogP contribution is -2.39. The number of carbonyl (C=O) groups is 1. The van der Waals surface area contributed by atoms with E-state index in [1.165, 1.54) is 16.2 Å².